The van der Waals surface area contributed by atoms with Gasteiger partial charge in [-0.25, -0.2) is 0 Å². The number of nitriles is 1. The second-order valence-corrected chi connectivity index (χ2v) is 9.64. The molecule has 4 nitrogen and oxygen atoms in total. The molecule has 6 heteroatoms. The molecule has 0 bridgehead atoms. The highest BCUT2D eigenvalue weighted by atomic mass is 32.2. The Bertz CT molecular complexity index is 1040. The summed E-state index contributed by atoms with van der Waals surface area (Å²) < 4.78 is 0. The van der Waals surface area contributed by atoms with Gasteiger partial charge in [-0.15, -0.1) is 23.1 Å². The minimum absolute atomic E-state index is 0.134. The first-order valence-electron chi connectivity index (χ1n) is 10.5. The molecule has 0 spiro atoms. The zero-order valence-corrected chi connectivity index (χ0v) is 19.0. The molecule has 0 radical (unpaired) electrons. The van der Waals surface area contributed by atoms with Crippen LogP contribution in [0.4, 0.5) is 0 Å². The molecule has 1 saturated heterocycles. The first kappa shape index (κ1) is 21.6. The summed E-state index contributed by atoms with van der Waals surface area (Å²) in [6, 6.07) is 22.1. The molecular weight excluding hydrogens is 422 g/mol. The standard InChI is InChI=1S/C25H25N3OS2/c26-17-20-8-10-21(11-9-20)18-27-12-4-13-28(15-14-27)25(29)23-6-1-2-7-24(23)31-19-22-5-3-16-30-22/h1-3,5-11,16H,4,12-15,18-19H2. The molecule has 1 aliphatic heterocycles. The van der Waals surface area contributed by atoms with Gasteiger partial charge in [0.25, 0.3) is 5.91 Å². The van der Waals surface area contributed by atoms with Crippen LogP contribution in [0.15, 0.2) is 70.9 Å². The van der Waals surface area contributed by atoms with Gasteiger partial charge < -0.3 is 4.90 Å². The van der Waals surface area contributed by atoms with Crippen molar-refractivity contribution in [1.29, 1.82) is 5.26 Å². The number of thioether (sulfide) groups is 1. The van der Waals surface area contributed by atoms with E-state index in [4.69, 9.17) is 5.26 Å². The molecule has 1 aromatic heterocycles. The average molecular weight is 448 g/mol. The molecule has 0 saturated carbocycles. The molecular formula is C25H25N3OS2. The smallest absolute Gasteiger partial charge is 0.255 e. The summed E-state index contributed by atoms with van der Waals surface area (Å²) in [6.45, 7) is 4.20. The van der Waals surface area contributed by atoms with Crippen molar-refractivity contribution in [2.75, 3.05) is 26.2 Å². The van der Waals surface area contributed by atoms with Crippen molar-refractivity contribution in [3.05, 3.63) is 87.6 Å². The highest BCUT2D eigenvalue weighted by Gasteiger charge is 2.22. The van der Waals surface area contributed by atoms with Gasteiger partial charge in [0.15, 0.2) is 0 Å². The third-order valence-corrected chi connectivity index (χ3v) is 7.61. The lowest BCUT2D eigenvalue weighted by molar-refractivity contribution is 0.0757. The van der Waals surface area contributed by atoms with Crippen LogP contribution >= 0.6 is 23.1 Å². The van der Waals surface area contributed by atoms with Gasteiger partial charge in [-0.1, -0.05) is 30.3 Å². The monoisotopic (exact) mass is 447 g/mol. The van der Waals surface area contributed by atoms with E-state index in [2.05, 4.69) is 34.5 Å². The van der Waals surface area contributed by atoms with E-state index in [1.807, 2.05) is 47.4 Å². The van der Waals surface area contributed by atoms with Crippen LogP contribution in [-0.2, 0) is 12.3 Å². The van der Waals surface area contributed by atoms with Crippen LogP contribution in [0, 0.1) is 11.3 Å². The van der Waals surface area contributed by atoms with Crippen LogP contribution < -0.4 is 0 Å². The Morgan fingerprint density at radius 1 is 1.00 bits per heavy atom. The summed E-state index contributed by atoms with van der Waals surface area (Å²) in [6.07, 6.45) is 0.965. The lowest BCUT2D eigenvalue weighted by Gasteiger charge is -2.23. The first-order chi connectivity index (χ1) is 15.2. The number of amides is 1. The highest BCUT2D eigenvalue weighted by Crippen LogP contribution is 2.29. The van der Waals surface area contributed by atoms with Crippen molar-refractivity contribution in [1.82, 2.24) is 9.80 Å². The van der Waals surface area contributed by atoms with E-state index < -0.39 is 0 Å². The molecule has 3 aromatic rings. The number of thiophene rings is 1. The van der Waals surface area contributed by atoms with Crippen molar-refractivity contribution in [2.45, 2.75) is 23.6 Å². The number of hydrogen-bond donors (Lipinski definition) is 0. The van der Waals surface area contributed by atoms with E-state index in [0.29, 0.717) is 5.56 Å². The molecule has 0 aliphatic carbocycles. The predicted octanol–water partition coefficient (Wildman–Crippen LogP) is 5.26. The maximum atomic E-state index is 13.3. The fourth-order valence-electron chi connectivity index (χ4n) is 3.76. The third kappa shape index (κ3) is 5.76. The molecule has 2 aromatic carbocycles. The molecule has 2 heterocycles. The van der Waals surface area contributed by atoms with E-state index in [1.54, 1.807) is 23.1 Å². The molecule has 158 valence electrons. The minimum atomic E-state index is 0.134. The number of hydrogen-bond acceptors (Lipinski definition) is 5. The normalized spacial score (nSPS) is 14.7. The van der Waals surface area contributed by atoms with Crippen molar-refractivity contribution >= 4 is 29.0 Å². The van der Waals surface area contributed by atoms with Gasteiger partial charge in [-0.3, -0.25) is 9.69 Å². The Balaban J connectivity index is 1.37. The van der Waals surface area contributed by atoms with Crippen LogP contribution in [0.3, 0.4) is 0 Å². The van der Waals surface area contributed by atoms with Crippen LogP contribution in [0.1, 0.15) is 32.8 Å². The van der Waals surface area contributed by atoms with Gasteiger partial charge in [0.1, 0.15) is 0 Å². The molecule has 0 atom stereocenters. The van der Waals surface area contributed by atoms with Crippen LogP contribution in [0.5, 0.6) is 0 Å². The Hall–Kier alpha value is -2.59. The third-order valence-electron chi connectivity index (χ3n) is 5.43. The van der Waals surface area contributed by atoms with Crippen molar-refractivity contribution in [3.63, 3.8) is 0 Å². The van der Waals surface area contributed by atoms with Gasteiger partial charge in [-0.05, 0) is 47.7 Å². The summed E-state index contributed by atoms with van der Waals surface area (Å²) in [7, 11) is 0. The molecule has 1 aliphatic rings. The zero-order chi connectivity index (χ0) is 21.5. The average Bonchev–Trinajstić information content (AvgIpc) is 3.23. The van der Waals surface area contributed by atoms with Crippen LogP contribution in [0.25, 0.3) is 0 Å². The van der Waals surface area contributed by atoms with E-state index in [-0.39, 0.29) is 5.91 Å². The molecule has 31 heavy (non-hydrogen) atoms. The number of carbonyl (C=O) groups excluding carboxylic acids is 1. The Labute approximate surface area is 192 Å². The van der Waals surface area contributed by atoms with Crippen molar-refractivity contribution < 1.29 is 4.79 Å². The second kappa shape index (κ2) is 10.6. The summed E-state index contributed by atoms with van der Waals surface area (Å²) in [5, 5.41) is 11.1. The maximum absolute atomic E-state index is 13.3. The topological polar surface area (TPSA) is 47.3 Å². The van der Waals surface area contributed by atoms with E-state index in [0.717, 1.165) is 55.4 Å². The summed E-state index contributed by atoms with van der Waals surface area (Å²) >= 11 is 3.49. The summed E-state index contributed by atoms with van der Waals surface area (Å²) in [4.78, 5) is 20.1. The second-order valence-electron chi connectivity index (χ2n) is 7.59. The van der Waals surface area contributed by atoms with Crippen LogP contribution in [0.2, 0.25) is 0 Å². The summed E-state index contributed by atoms with van der Waals surface area (Å²) in [5.74, 6) is 1.02. The van der Waals surface area contributed by atoms with E-state index in [9.17, 15) is 4.79 Å². The lowest BCUT2D eigenvalue weighted by atomic mass is 10.1. The largest absolute Gasteiger partial charge is 0.337 e. The summed E-state index contributed by atoms with van der Waals surface area (Å²) in [5.41, 5.74) is 2.70. The number of carbonyl (C=O) groups is 1. The molecule has 4 rings (SSSR count). The van der Waals surface area contributed by atoms with Gasteiger partial charge in [0, 0.05) is 48.2 Å². The van der Waals surface area contributed by atoms with E-state index >= 15 is 0 Å². The Kier molecular flexibility index (Phi) is 7.42. The molecule has 0 N–H and O–H groups in total. The molecule has 0 unspecified atom stereocenters. The molecule has 1 amide bonds. The number of rotatable bonds is 6. The van der Waals surface area contributed by atoms with E-state index in [1.165, 1.54) is 10.4 Å². The van der Waals surface area contributed by atoms with Gasteiger partial charge in [0.2, 0.25) is 0 Å². The van der Waals surface area contributed by atoms with Crippen molar-refractivity contribution in [2.24, 2.45) is 0 Å². The van der Waals surface area contributed by atoms with Crippen LogP contribution in [-0.4, -0.2) is 41.9 Å². The predicted molar refractivity (Wildman–Crippen MR) is 127 cm³/mol. The van der Waals surface area contributed by atoms with Gasteiger partial charge in [-0.2, -0.15) is 5.26 Å². The minimum Gasteiger partial charge on any atom is -0.337 e. The molecule has 1 fully saturated rings. The fourth-order valence-corrected chi connectivity index (χ4v) is 5.58. The quantitative estimate of drug-likeness (QED) is 0.484. The zero-order valence-electron chi connectivity index (χ0n) is 17.4. The first-order valence-corrected chi connectivity index (χ1v) is 12.3. The van der Waals surface area contributed by atoms with Gasteiger partial charge in [0.05, 0.1) is 17.2 Å². The number of nitrogens with zero attached hydrogens (tertiary/aromatic N) is 3. The Morgan fingerprint density at radius 3 is 2.61 bits per heavy atom. The highest BCUT2D eigenvalue weighted by molar-refractivity contribution is 7.98. The SMILES string of the molecule is N#Cc1ccc(CN2CCCN(C(=O)c3ccccc3SCc3cccs3)CC2)cc1. The van der Waals surface area contributed by atoms with Crippen molar-refractivity contribution in [3.8, 4) is 6.07 Å². The van der Waals surface area contributed by atoms with Gasteiger partial charge >= 0.3 is 0 Å². The number of benzene rings is 2. The lowest BCUT2D eigenvalue weighted by Crippen LogP contribution is -2.35. The Morgan fingerprint density at radius 2 is 1.84 bits per heavy atom. The fraction of sp³-hybridized carbons (Fsp3) is 0.280. The maximum Gasteiger partial charge on any atom is 0.255 e.